The lowest BCUT2D eigenvalue weighted by Gasteiger charge is -2.11. The van der Waals surface area contributed by atoms with E-state index in [4.69, 9.17) is 4.74 Å². The average Bonchev–Trinajstić information content (AvgIpc) is 2.33. The molecule has 0 amide bonds. The molecule has 0 fully saturated rings. The van der Waals surface area contributed by atoms with Crippen LogP contribution in [0.5, 0.6) is 11.5 Å². The molecular formula is C14H13BrINO. The molecule has 2 aromatic carbocycles. The molecule has 0 aliphatic heterocycles. The predicted octanol–water partition coefficient (Wildman–Crippen LogP) is 4.57. The maximum Gasteiger partial charge on any atom is 0.133 e. The van der Waals surface area contributed by atoms with Gasteiger partial charge in [-0.1, -0.05) is 28.1 Å². The molecule has 0 aliphatic rings. The summed E-state index contributed by atoms with van der Waals surface area (Å²) in [6.45, 7) is 0.784. The largest absolute Gasteiger partial charge is 0.457 e. The smallest absolute Gasteiger partial charge is 0.133 e. The van der Waals surface area contributed by atoms with E-state index < -0.39 is 0 Å². The van der Waals surface area contributed by atoms with Gasteiger partial charge in [-0.15, -0.1) is 0 Å². The lowest BCUT2D eigenvalue weighted by Crippen LogP contribution is -2.06. The van der Waals surface area contributed by atoms with Gasteiger partial charge < -0.3 is 10.1 Å². The van der Waals surface area contributed by atoms with Crippen LogP contribution in [0.4, 0.5) is 0 Å². The Hall–Kier alpha value is -0.590. The Bertz CT molecular complexity index is 545. The highest BCUT2D eigenvalue weighted by molar-refractivity contribution is 14.1. The molecule has 0 unspecified atom stereocenters. The Labute approximate surface area is 129 Å². The molecule has 0 bridgehead atoms. The zero-order chi connectivity index (χ0) is 13.0. The van der Waals surface area contributed by atoms with Crippen molar-refractivity contribution in [3.05, 3.63) is 56.1 Å². The Balaban J connectivity index is 2.29. The fourth-order valence-electron chi connectivity index (χ4n) is 1.62. The van der Waals surface area contributed by atoms with E-state index in [0.29, 0.717) is 0 Å². The summed E-state index contributed by atoms with van der Waals surface area (Å²) < 4.78 is 8.13. The van der Waals surface area contributed by atoms with Crippen LogP contribution in [-0.2, 0) is 6.54 Å². The van der Waals surface area contributed by atoms with Gasteiger partial charge in [-0.05, 0) is 60.0 Å². The summed E-state index contributed by atoms with van der Waals surface area (Å²) in [7, 11) is 1.93. The summed E-state index contributed by atoms with van der Waals surface area (Å²) in [6, 6.07) is 14.1. The Morgan fingerprint density at radius 1 is 1.22 bits per heavy atom. The first-order valence-corrected chi connectivity index (χ1v) is 7.42. The van der Waals surface area contributed by atoms with Crippen LogP contribution in [0, 0.1) is 3.57 Å². The maximum absolute atomic E-state index is 5.95. The second-order valence-electron chi connectivity index (χ2n) is 3.84. The molecule has 2 aromatic rings. The van der Waals surface area contributed by atoms with Gasteiger partial charge in [0, 0.05) is 20.2 Å². The van der Waals surface area contributed by atoms with Crippen LogP contribution in [0.15, 0.2) is 46.9 Å². The van der Waals surface area contributed by atoms with Crippen molar-refractivity contribution in [3.63, 3.8) is 0 Å². The van der Waals surface area contributed by atoms with Gasteiger partial charge in [-0.2, -0.15) is 0 Å². The molecular weight excluding hydrogens is 405 g/mol. The Morgan fingerprint density at radius 3 is 2.78 bits per heavy atom. The van der Waals surface area contributed by atoms with Crippen molar-refractivity contribution >= 4 is 38.5 Å². The minimum Gasteiger partial charge on any atom is -0.457 e. The van der Waals surface area contributed by atoms with Crippen LogP contribution in [0.25, 0.3) is 0 Å². The second kappa shape index (κ2) is 6.54. The molecule has 0 heterocycles. The normalized spacial score (nSPS) is 10.4. The predicted molar refractivity (Wildman–Crippen MR) is 86.1 cm³/mol. The summed E-state index contributed by atoms with van der Waals surface area (Å²) in [5, 5.41) is 3.14. The number of ether oxygens (including phenoxy) is 1. The summed E-state index contributed by atoms with van der Waals surface area (Å²) in [5.41, 5.74) is 1.14. The molecule has 94 valence electrons. The highest BCUT2D eigenvalue weighted by atomic mass is 127. The molecule has 1 N–H and O–H groups in total. The van der Waals surface area contributed by atoms with Crippen LogP contribution < -0.4 is 10.1 Å². The number of hydrogen-bond donors (Lipinski definition) is 1. The van der Waals surface area contributed by atoms with E-state index in [1.165, 1.54) is 0 Å². The average molecular weight is 418 g/mol. The van der Waals surface area contributed by atoms with Gasteiger partial charge in [0.05, 0.1) is 0 Å². The third kappa shape index (κ3) is 3.70. The van der Waals surface area contributed by atoms with Crippen molar-refractivity contribution in [1.82, 2.24) is 5.32 Å². The fourth-order valence-corrected chi connectivity index (χ4v) is 2.47. The molecule has 18 heavy (non-hydrogen) atoms. The summed E-state index contributed by atoms with van der Waals surface area (Å²) in [5.74, 6) is 1.73. The highest BCUT2D eigenvalue weighted by Gasteiger charge is 2.05. The number of hydrogen-bond acceptors (Lipinski definition) is 2. The number of nitrogens with one attached hydrogen (secondary N) is 1. The van der Waals surface area contributed by atoms with E-state index >= 15 is 0 Å². The van der Waals surface area contributed by atoms with Gasteiger partial charge >= 0.3 is 0 Å². The topological polar surface area (TPSA) is 21.3 Å². The molecule has 0 aliphatic carbocycles. The highest BCUT2D eigenvalue weighted by Crippen LogP contribution is 2.29. The summed E-state index contributed by atoms with van der Waals surface area (Å²) in [6.07, 6.45) is 0. The quantitative estimate of drug-likeness (QED) is 0.736. The first-order chi connectivity index (χ1) is 8.69. The van der Waals surface area contributed by atoms with Crippen LogP contribution >= 0.6 is 38.5 Å². The molecule has 0 atom stereocenters. The molecule has 0 aromatic heterocycles. The third-order valence-electron chi connectivity index (χ3n) is 2.42. The van der Waals surface area contributed by atoms with Gasteiger partial charge in [0.15, 0.2) is 0 Å². The summed E-state index contributed by atoms with van der Waals surface area (Å²) >= 11 is 5.75. The Morgan fingerprint density at radius 2 is 2.06 bits per heavy atom. The standard InChI is InChI=1S/C14H13BrINO/c1-17-9-10-5-6-11(15)7-14(10)18-13-4-2-3-12(16)8-13/h2-8,17H,9H2,1H3. The van der Waals surface area contributed by atoms with Gasteiger partial charge in [0.1, 0.15) is 11.5 Å². The zero-order valence-electron chi connectivity index (χ0n) is 9.91. The van der Waals surface area contributed by atoms with E-state index in [1.807, 2.05) is 43.4 Å². The van der Waals surface area contributed by atoms with Crippen LogP contribution in [0.3, 0.4) is 0 Å². The molecule has 0 saturated heterocycles. The van der Waals surface area contributed by atoms with Crippen molar-refractivity contribution in [3.8, 4) is 11.5 Å². The molecule has 2 nitrogen and oxygen atoms in total. The lowest BCUT2D eigenvalue weighted by atomic mass is 10.2. The van der Waals surface area contributed by atoms with E-state index in [0.717, 1.165) is 31.7 Å². The van der Waals surface area contributed by atoms with E-state index in [2.05, 4.69) is 49.9 Å². The molecule has 0 radical (unpaired) electrons. The first-order valence-electron chi connectivity index (χ1n) is 5.55. The van der Waals surface area contributed by atoms with Crippen LogP contribution in [-0.4, -0.2) is 7.05 Å². The van der Waals surface area contributed by atoms with Gasteiger partial charge in [0.2, 0.25) is 0 Å². The van der Waals surface area contributed by atoms with Gasteiger partial charge in [-0.25, -0.2) is 0 Å². The molecule has 0 spiro atoms. The van der Waals surface area contributed by atoms with Gasteiger partial charge in [0.25, 0.3) is 0 Å². The second-order valence-corrected chi connectivity index (χ2v) is 6.00. The minimum atomic E-state index is 0.784. The van der Waals surface area contributed by atoms with E-state index in [9.17, 15) is 0 Å². The third-order valence-corrected chi connectivity index (χ3v) is 3.58. The first kappa shape index (κ1) is 13.8. The fraction of sp³-hybridized carbons (Fsp3) is 0.143. The van der Waals surface area contributed by atoms with E-state index in [1.54, 1.807) is 0 Å². The van der Waals surface area contributed by atoms with Crippen molar-refractivity contribution < 1.29 is 4.74 Å². The molecule has 2 rings (SSSR count). The monoisotopic (exact) mass is 417 g/mol. The van der Waals surface area contributed by atoms with Crippen molar-refractivity contribution in [2.75, 3.05) is 7.05 Å². The van der Waals surface area contributed by atoms with Crippen LogP contribution in [0.2, 0.25) is 0 Å². The summed E-state index contributed by atoms with van der Waals surface area (Å²) in [4.78, 5) is 0. The number of benzene rings is 2. The van der Waals surface area contributed by atoms with E-state index in [-0.39, 0.29) is 0 Å². The Kier molecular flexibility index (Phi) is 5.03. The zero-order valence-corrected chi connectivity index (χ0v) is 13.7. The van der Waals surface area contributed by atoms with Crippen molar-refractivity contribution in [2.24, 2.45) is 0 Å². The van der Waals surface area contributed by atoms with Gasteiger partial charge in [-0.3, -0.25) is 0 Å². The maximum atomic E-state index is 5.95. The lowest BCUT2D eigenvalue weighted by molar-refractivity contribution is 0.473. The molecule has 0 saturated carbocycles. The molecule has 4 heteroatoms. The number of halogens is 2. The number of rotatable bonds is 4. The van der Waals surface area contributed by atoms with Crippen molar-refractivity contribution in [2.45, 2.75) is 6.54 Å². The van der Waals surface area contributed by atoms with Crippen LogP contribution in [0.1, 0.15) is 5.56 Å². The van der Waals surface area contributed by atoms with Crippen molar-refractivity contribution in [1.29, 1.82) is 0 Å². The minimum absolute atomic E-state index is 0.784. The SMILES string of the molecule is CNCc1ccc(Br)cc1Oc1cccc(I)c1.